The molecule has 6 nitrogen and oxygen atoms in total. The second-order valence-electron chi connectivity index (χ2n) is 8.49. The number of hydrogen-bond donors (Lipinski definition) is 1. The molecule has 0 spiro atoms. The molecule has 0 bridgehead atoms. The van der Waals surface area contributed by atoms with Crippen molar-refractivity contribution < 1.29 is 4.79 Å². The van der Waals surface area contributed by atoms with Gasteiger partial charge in [0.2, 0.25) is 5.91 Å². The topological polar surface area (TPSA) is 67.2 Å². The summed E-state index contributed by atoms with van der Waals surface area (Å²) in [7, 11) is 2.19. The van der Waals surface area contributed by atoms with Crippen molar-refractivity contribution in [2.24, 2.45) is 0 Å². The summed E-state index contributed by atoms with van der Waals surface area (Å²) in [6.07, 6.45) is 7.53. The number of fused-ring (bicyclic) bond motifs is 1. The van der Waals surface area contributed by atoms with Gasteiger partial charge in [0, 0.05) is 12.6 Å². The Kier molecular flexibility index (Phi) is 7.06. The van der Waals surface area contributed by atoms with Crippen LogP contribution in [0.4, 0.5) is 0 Å². The summed E-state index contributed by atoms with van der Waals surface area (Å²) in [5, 5.41) is 2.98. The van der Waals surface area contributed by atoms with E-state index in [2.05, 4.69) is 22.2 Å². The van der Waals surface area contributed by atoms with Crippen LogP contribution in [0.1, 0.15) is 55.3 Å². The number of carbonyl (C=O) groups excluding carboxylic acids is 1. The largest absolute Gasteiger partial charge is 0.355 e. The molecule has 0 aliphatic heterocycles. The summed E-state index contributed by atoms with van der Waals surface area (Å²) in [5.74, 6) is -0.127. The standard InChI is InChI=1S/C23H34N4O2/c1-16-13-20-21(14-17(16)2)27(23(29)18(3)25-20)15-22(28)24-11-8-12-26(4)19-9-6-5-7-10-19/h13-14,19H,5-12,15H2,1-4H3,(H,24,28). The minimum Gasteiger partial charge on any atom is -0.355 e. The fraction of sp³-hybridized carbons (Fsp3) is 0.609. The fourth-order valence-electron chi connectivity index (χ4n) is 4.24. The highest BCUT2D eigenvalue weighted by Crippen LogP contribution is 2.21. The van der Waals surface area contributed by atoms with Gasteiger partial charge in [-0.2, -0.15) is 0 Å². The predicted octanol–water partition coefficient (Wildman–Crippen LogP) is 3.09. The molecular weight excluding hydrogens is 364 g/mol. The van der Waals surface area contributed by atoms with Gasteiger partial charge >= 0.3 is 0 Å². The highest BCUT2D eigenvalue weighted by Gasteiger charge is 2.17. The summed E-state index contributed by atoms with van der Waals surface area (Å²) >= 11 is 0. The molecular formula is C23H34N4O2. The maximum atomic E-state index is 12.6. The molecule has 1 amide bonds. The summed E-state index contributed by atoms with van der Waals surface area (Å²) in [6, 6.07) is 4.62. The minimum atomic E-state index is -0.201. The monoisotopic (exact) mass is 398 g/mol. The van der Waals surface area contributed by atoms with E-state index in [1.54, 1.807) is 11.5 Å². The smallest absolute Gasteiger partial charge is 0.272 e. The lowest BCUT2D eigenvalue weighted by Crippen LogP contribution is -2.37. The van der Waals surface area contributed by atoms with Gasteiger partial charge in [0.15, 0.2) is 0 Å². The Morgan fingerprint density at radius 2 is 1.86 bits per heavy atom. The van der Waals surface area contributed by atoms with Crippen molar-refractivity contribution >= 4 is 16.9 Å². The van der Waals surface area contributed by atoms with Gasteiger partial charge in [0.25, 0.3) is 5.56 Å². The molecule has 0 saturated heterocycles. The third-order valence-corrected chi connectivity index (χ3v) is 6.23. The molecule has 1 aromatic carbocycles. The Bertz CT molecular complexity index is 929. The maximum Gasteiger partial charge on any atom is 0.272 e. The van der Waals surface area contributed by atoms with Gasteiger partial charge in [-0.25, -0.2) is 4.98 Å². The third-order valence-electron chi connectivity index (χ3n) is 6.23. The highest BCUT2D eigenvalue weighted by molar-refractivity contribution is 5.81. The van der Waals surface area contributed by atoms with E-state index in [0.29, 0.717) is 18.3 Å². The van der Waals surface area contributed by atoms with Crippen LogP contribution in [0, 0.1) is 20.8 Å². The first-order chi connectivity index (χ1) is 13.9. The second kappa shape index (κ2) is 9.53. The zero-order valence-corrected chi connectivity index (χ0v) is 18.3. The fourth-order valence-corrected chi connectivity index (χ4v) is 4.24. The number of nitrogens with one attached hydrogen (secondary N) is 1. The number of hydrogen-bond acceptors (Lipinski definition) is 4. The van der Waals surface area contributed by atoms with E-state index >= 15 is 0 Å². The first-order valence-corrected chi connectivity index (χ1v) is 10.8. The van der Waals surface area contributed by atoms with Crippen molar-refractivity contribution in [3.63, 3.8) is 0 Å². The minimum absolute atomic E-state index is 0.0274. The zero-order valence-electron chi connectivity index (χ0n) is 18.3. The summed E-state index contributed by atoms with van der Waals surface area (Å²) in [6.45, 7) is 7.38. The molecule has 1 fully saturated rings. The molecule has 29 heavy (non-hydrogen) atoms. The summed E-state index contributed by atoms with van der Waals surface area (Å²) in [5.41, 5.74) is 3.90. The lowest BCUT2D eigenvalue weighted by molar-refractivity contribution is -0.121. The number of carbonyl (C=O) groups is 1. The van der Waals surface area contributed by atoms with E-state index in [1.165, 1.54) is 32.1 Å². The van der Waals surface area contributed by atoms with Crippen molar-refractivity contribution in [2.75, 3.05) is 20.1 Å². The molecule has 1 aliphatic carbocycles. The number of benzene rings is 1. The quantitative estimate of drug-likeness (QED) is 0.728. The van der Waals surface area contributed by atoms with Gasteiger partial charge in [-0.15, -0.1) is 0 Å². The molecule has 0 unspecified atom stereocenters. The Morgan fingerprint density at radius 1 is 1.17 bits per heavy atom. The predicted molar refractivity (Wildman–Crippen MR) is 117 cm³/mol. The number of aryl methyl sites for hydroxylation is 3. The van der Waals surface area contributed by atoms with E-state index in [1.807, 2.05) is 26.0 Å². The van der Waals surface area contributed by atoms with Crippen molar-refractivity contribution in [2.45, 2.75) is 71.9 Å². The van der Waals surface area contributed by atoms with Gasteiger partial charge < -0.3 is 10.2 Å². The Morgan fingerprint density at radius 3 is 2.59 bits per heavy atom. The SMILES string of the molecule is Cc1cc2nc(C)c(=O)n(CC(=O)NCCCN(C)C3CCCCC3)c2cc1C. The van der Waals surface area contributed by atoms with Crippen molar-refractivity contribution in [1.29, 1.82) is 0 Å². The molecule has 0 atom stereocenters. The van der Waals surface area contributed by atoms with Crippen LogP contribution in [-0.2, 0) is 11.3 Å². The highest BCUT2D eigenvalue weighted by atomic mass is 16.2. The van der Waals surface area contributed by atoms with E-state index < -0.39 is 0 Å². The van der Waals surface area contributed by atoms with Crippen LogP contribution >= 0.6 is 0 Å². The number of nitrogens with zero attached hydrogens (tertiary/aromatic N) is 3. The average molecular weight is 399 g/mol. The molecule has 1 aliphatic rings. The third kappa shape index (κ3) is 5.24. The maximum absolute atomic E-state index is 12.6. The number of rotatable bonds is 7. The Balaban J connectivity index is 1.59. The Hall–Kier alpha value is -2.21. The molecule has 1 saturated carbocycles. The molecule has 3 rings (SSSR count). The molecule has 158 valence electrons. The van der Waals surface area contributed by atoms with Gasteiger partial charge in [-0.3, -0.25) is 14.2 Å². The lowest BCUT2D eigenvalue weighted by atomic mass is 9.94. The number of aromatic nitrogens is 2. The first-order valence-electron chi connectivity index (χ1n) is 10.8. The van der Waals surface area contributed by atoms with Crippen molar-refractivity contribution in [3.05, 3.63) is 39.3 Å². The van der Waals surface area contributed by atoms with Crippen molar-refractivity contribution in [1.82, 2.24) is 19.8 Å². The molecule has 0 radical (unpaired) electrons. The van der Waals surface area contributed by atoms with Crippen molar-refractivity contribution in [3.8, 4) is 0 Å². The van der Waals surface area contributed by atoms with E-state index in [0.717, 1.165) is 35.1 Å². The van der Waals surface area contributed by atoms with Gasteiger partial charge in [0.05, 0.1) is 11.0 Å². The van der Waals surface area contributed by atoms with Crippen LogP contribution in [0.25, 0.3) is 11.0 Å². The van der Waals surface area contributed by atoms with E-state index in [9.17, 15) is 9.59 Å². The lowest BCUT2D eigenvalue weighted by Gasteiger charge is -2.31. The molecule has 6 heteroatoms. The van der Waals surface area contributed by atoms with Crippen LogP contribution < -0.4 is 10.9 Å². The average Bonchev–Trinajstić information content (AvgIpc) is 2.71. The van der Waals surface area contributed by atoms with Crippen LogP contribution in [0.2, 0.25) is 0 Å². The van der Waals surface area contributed by atoms with E-state index in [-0.39, 0.29) is 18.0 Å². The first kappa shape index (κ1) is 21.5. The van der Waals surface area contributed by atoms with Crippen LogP contribution in [0.3, 0.4) is 0 Å². The van der Waals surface area contributed by atoms with Crippen LogP contribution in [0.15, 0.2) is 16.9 Å². The second-order valence-corrected chi connectivity index (χ2v) is 8.49. The molecule has 1 aromatic heterocycles. The molecule has 1 heterocycles. The van der Waals surface area contributed by atoms with Gasteiger partial charge in [0.1, 0.15) is 12.2 Å². The van der Waals surface area contributed by atoms with Crippen LogP contribution in [0.5, 0.6) is 0 Å². The molecule has 1 N–H and O–H groups in total. The molecule has 2 aromatic rings. The summed E-state index contributed by atoms with van der Waals surface area (Å²) in [4.78, 5) is 32.0. The van der Waals surface area contributed by atoms with Gasteiger partial charge in [-0.1, -0.05) is 19.3 Å². The van der Waals surface area contributed by atoms with E-state index in [4.69, 9.17) is 0 Å². The number of amides is 1. The van der Waals surface area contributed by atoms with Crippen LogP contribution in [-0.4, -0.2) is 46.5 Å². The normalized spacial score (nSPS) is 15.2. The summed E-state index contributed by atoms with van der Waals surface area (Å²) < 4.78 is 1.55. The van der Waals surface area contributed by atoms with Gasteiger partial charge in [-0.05, 0) is 76.9 Å². The Labute approximate surface area is 173 Å². The zero-order chi connectivity index (χ0) is 21.0.